The molecule has 0 heterocycles. The Hall–Kier alpha value is -0.0400. The van der Waals surface area contributed by atoms with Crippen molar-refractivity contribution in [2.75, 3.05) is 0 Å². The van der Waals surface area contributed by atoms with Crippen LogP contribution in [0.4, 0.5) is 0 Å². The van der Waals surface area contributed by atoms with Crippen molar-refractivity contribution in [1.82, 2.24) is 0 Å². The molecule has 0 aromatic carbocycles. The van der Waals surface area contributed by atoms with Crippen LogP contribution in [0.25, 0.3) is 0 Å². The molecule has 19 heavy (non-hydrogen) atoms. The van der Waals surface area contributed by atoms with Gasteiger partial charge in [0.2, 0.25) is 0 Å². The van der Waals surface area contributed by atoms with Crippen LogP contribution in [0.5, 0.6) is 0 Å². The topological polar surface area (TPSA) is 20.2 Å². The minimum atomic E-state index is -0.343. The fraction of sp³-hybridized carbons (Fsp3) is 1.00. The molecule has 1 N–H and O–H groups in total. The molecule has 0 aliphatic heterocycles. The van der Waals surface area contributed by atoms with Gasteiger partial charge in [-0.2, -0.15) is 0 Å². The largest absolute Gasteiger partial charge is 0.390 e. The molecule has 1 heteroatoms. The smallest absolute Gasteiger partial charge is 0.0676 e. The molecule has 112 valence electrons. The van der Waals surface area contributed by atoms with Crippen molar-refractivity contribution >= 4 is 0 Å². The zero-order chi connectivity index (χ0) is 14.3. The Morgan fingerprint density at radius 2 is 1.37 bits per heavy atom. The lowest BCUT2D eigenvalue weighted by Gasteiger charge is -2.48. The van der Waals surface area contributed by atoms with Gasteiger partial charge in [-0.1, -0.05) is 34.6 Å². The van der Waals surface area contributed by atoms with E-state index in [-0.39, 0.29) is 5.60 Å². The summed E-state index contributed by atoms with van der Waals surface area (Å²) >= 11 is 0. The van der Waals surface area contributed by atoms with E-state index in [9.17, 15) is 5.11 Å². The molecule has 0 spiro atoms. The van der Waals surface area contributed by atoms with Gasteiger partial charge in [-0.15, -0.1) is 0 Å². The number of aliphatic hydroxyl groups is 1. The molecule has 0 bridgehead atoms. The van der Waals surface area contributed by atoms with Gasteiger partial charge in [0.25, 0.3) is 0 Å². The van der Waals surface area contributed by atoms with Crippen LogP contribution in [-0.4, -0.2) is 10.7 Å². The molecular formula is C18H34O. The predicted octanol–water partition coefficient (Wildman–Crippen LogP) is 5.03. The SMILES string of the molecule is CC1CC(C)CC(C2(O)CCC(C(C)(C)C)CC2)C1. The lowest BCUT2D eigenvalue weighted by atomic mass is 9.61. The first-order chi connectivity index (χ1) is 8.71. The van der Waals surface area contributed by atoms with Gasteiger partial charge < -0.3 is 5.11 Å². The first-order valence-corrected chi connectivity index (χ1v) is 8.43. The standard InChI is InChI=1S/C18H34O/c1-13-10-14(2)12-16(11-13)18(19)8-6-15(7-9-18)17(3,4)5/h13-16,19H,6-12H2,1-5H3. The molecule has 0 amide bonds. The molecule has 2 saturated carbocycles. The fourth-order valence-electron chi connectivity index (χ4n) is 4.78. The van der Waals surface area contributed by atoms with Crippen LogP contribution in [0.1, 0.15) is 79.6 Å². The molecule has 0 radical (unpaired) electrons. The van der Waals surface area contributed by atoms with E-state index in [0.29, 0.717) is 11.3 Å². The van der Waals surface area contributed by atoms with Gasteiger partial charge in [0.15, 0.2) is 0 Å². The molecule has 2 unspecified atom stereocenters. The van der Waals surface area contributed by atoms with Crippen molar-refractivity contribution in [3.8, 4) is 0 Å². The Labute approximate surface area is 120 Å². The quantitative estimate of drug-likeness (QED) is 0.706. The van der Waals surface area contributed by atoms with Gasteiger partial charge in [0.1, 0.15) is 0 Å². The summed E-state index contributed by atoms with van der Waals surface area (Å²) in [5.74, 6) is 2.97. The molecule has 2 aliphatic carbocycles. The highest BCUT2D eigenvalue weighted by Gasteiger charge is 2.44. The Kier molecular flexibility index (Phi) is 4.35. The maximum absolute atomic E-state index is 11.1. The highest BCUT2D eigenvalue weighted by Crippen LogP contribution is 2.48. The van der Waals surface area contributed by atoms with Crippen LogP contribution < -0.4 is 0 Å². The van der Waals surface area contributed by atoms with Crippen molar-refractivity contribution in [2.45, 2.75) is 85.2 Å². The van der Waals surface area contributed by atoms with Crippen molar-refractivity contribution in [3.05, 3.63) is 0 Å². The first kappa shape index (κ1) is 15.4. The lowest BCUT2D eigenvalue weighted by Crippen LogP contribution is -2.45. The monoisotopic (exact) mass is 266 g/mol. The average Bonchev–Trinajstić information content (AvgIpc) is 2.27. The molecule has 2 atom stereocenters. The zero-order valence-corrected chi connectivity index (χ0v) is 13.7. The van der Waals surface area contributed by atoms with E-state index in [4.69, 9.17) is 0 Å². The average molecular weight is 266 g/mol. The van der Waals surface area contributed by atoms with E-state index in [1.165, 1.54) is 32.1 Å². The van der Waals surface area contributed by atoms with Crippen LogP contribution in [0.15, 0.2) is 0 Å². The minimum Gasteiger partial charge on any atom is -0.390 e. The second kappa shape index (κ2) is 5.39. The van der Waals surface area contributed by atoms with Gasteiger partial charge in [0, 0.05) is 0 Å². The van der Waals surface area contributed by atoms with Gasteiger partial charge in [0.05, 0.1) is 5.60 Å². The summed E-state index contributed by atoms with van der Waals surface area (Å²) in [6.45, 7) is 11.8. The normalized spacial score (nSPS) is 45.2. The van der Waals surface area contributed by atoms with Gasteiger partial charge >= 0.3 is 0 Å². The third kappa shape index (κ3) is 3.54. The van der Waals surface area contributed by atoms with Crippen molar-refractivity contribution < 1.29 is 5.11 Å². The Morgan fingerprint density at radius 3 is 1.79 bits per heavy atom. The Bertz CT molecular complexity index is 283. The van der Waals surface area contributed by atoms with E-state index < -0.39 is 0 Å². The van der Waals surface area contributed by atoms with Crippen molar-refractivity contribution in [2.24, 2.45) is 29.1 Å². The van der Waals surface area contributed by atoms with Gasteiger partial charge in [-0.3, -0.25) is 0 Å². The highest BCUT2D eigenvalue weighted by molar-refractivity contribution is 4.95. The molecule has 0 aromatic heterocycles. The summed E-state index contributed by atoms with van der Waals surface area (Å²) < 4.78 is 0. The predicted molar refractivity (Wildman–Crippen MR) is 82.0 cm³/mol. The van der Waals surface area contributed by atoms with Crippen LogP contribution >= 0.6 is 0 Å². The summed E-state index contributed by atoms with van der Waals surface area (Å²) in [5.41, 5.74) is 0.0686. The molecule has 2 fully saturated rings. The third-order valence-electron chi connectivity index (χ3n) is 6.01. The van der Waals surface area contributed by atoms with E-state index in [1.54, 1.807) is 0 Å². The number of hydrogen-bond donors (Lipinski definition) is 1. The van der Waals surface area contributed by atoms with Crippen molar-refractivity contribution in [1.29, 1.82) is 0 Å². The molecule has 2 aliphatic rings. The van der Waals surface area contributed by atoms with E-state index >= 15 is 0 Å². The highest BCUT2D eigenvalue weighted by atomic mass is 16.3. The fourth-order valence-corrected chi connectivity index (χ4v) is 4.78. The summed E-state index contributed by atoms with van der Waals surface area (Å²) in [6.07, 6.45) is 8.38. The number of rotatable bonds is 1. The van der Waals surface area contributed by atoms with Crippen LogP contribution in [0.2, 0.25) is 0 Å². The Balaban J connectivity index is 1.97. The van der Waals surface area contributed by atoms with Crippen LogP contribution in [-0.2, 0) is 0 Å². The molecule has 0 aromatic rings. The van der Waals surface area contributed by atoms with E-state index in [1.807, 2.05) is 0 Å². The second-order valence-corrected chi connectivity index (χ2v) is 8.86. The molecule has 0 saturated heterocycles. The maximum atomic E-state index is 11.1. The Morgan fingerprint density at radius 1 is 0.895 bits per heavy atom. The summed E-state index contributed by atoms with van der Waals surface area (Å²) in [4.78, 5) is 0. The minimum absolute atomic E-state index is 0.343. The number of hydrogen-bond acceptors (Lipinski definition) is 1. The summed E-state index contributed by atoms with van der Waals surface area (Å²) in [7, 11) is 0. The van der Waals surface area contributed by atoms with E-state index in [2.05, 4.69) is 34.6 Å². The first-order valence-electron chi connectivity index (χ1n) is 8.43. The van der Waals surface area contributed by atoms with Crippen LogP contribution in [0.3, 0.4) is 0 Å². The zero-order valence-electron chi connectivity index (χ0n) is 13.7. The molecule has 2 rings (SSSR count). The van der Waals surface area contributed by atoms with Crippen LogP contribution in [0, 0.1) is 29.1 Å². The third-order valence-corrected chi connectivity index (χ3v) is 6.01. The van der Waals surface area contributed by atoms with Gasteiger partial charge in [-0.05, 0) is 74.0 Å². The van der Waals surface area contributed by atoms with E-state index in [0.717, 1.165) is 30.6 Å². The maximum Gasteiger partial charge on any atom is 0.0676 e. The van der Waals surface area contributed by atoms with Gasteiger partial charge in [-0.25, -0.2) is 0 Å². The lowest BCUT2D eigenvalue weighted by molar-refractivity contribution is -0.0905. The summed E-state index contributed by atoms with van der Waals surface area (Å²) in [5, 5.41) is 11.1. The molecular weight excluding hydrogens is 232 g/mol. The van der Waals surface area contributed by atoms with Crippen molar-refractivity contribution in [3.63, 3.8) is 0 Å². The summed E-state index contributed by atoms with van der Waals surface area (Å²) in [6, 6.07) is 0. The second-order valence-electron chi connectivity index (χ2n) is 8.86. The molecule has 1 nitrogen and oxygen atoms in total.